The first-order chi connectivity index (χ1) is 13.3. The zero-order chi connectivity index (χ0) is 20.7. The monoisotopic (exact) mass is 414 g/mol. The van der Waals surface area contributed by atoms with Crippen molar-refractivity contribution in [2.75, 3.05) is 17.6 Å². The van der Waals surface area contributed by atoms with Crippen molar-refractivity contribution < 1.29 is 22.8 Å². The van der Waals surface area contributed by atoms with Crippen molar-refractivity contribution in [3.05, 3.63) is 51.7 Å². The quantitative estimate of drug-likeness (QED) is 0.348. The minimum Gasteiger partial charge on any atom is -0.346 e. The second-order valence-corrected chi connectivity index (χ2v) is 6.59. The predicted octanol–water partition coefficient (Wildman–Crippen LogP) is 1.99. The molecule has 1 heterocycles. The molecule has 0 radical (unpaired) electrons. The van der Waals surface area contributed by atoms with Gasteiger partial charge >= 0.3 is 0 Å². The van der Waals surface area contributed by atoms with Gasteiger partial charge in [0.2, 0.25) is 11.8 Å². The summed E-state index contributed by atoms with van der Waals surface area (Å²) in [7, 11) is 0. The fourth-order valence-electron chi connectivity index (χ4n) is 2.12. The lowest BCUT2D eigenvalue weighted by atomic mass is 10.2. The average Bonchev–Trinajstić information content (AvgIpc) is 2.65. The minimum absolute atomic E-state index is 0.120. The van der Waals surface area contributed by atoms with Crippen molar-refractivity contribution in [3.8, 4) is 0 Å². The van der Waals surface area contributed by atoms with Gasteiger partial charge in [0.1, 0.15) is 0 Å². The molecule has 7 nitrogen and oxygen atoms in total. The molecular formula is C17H17F3N4O3S. The first kappa shape index (κ1) is 21.5. The van der Waals surface area contributed by atoms with Crippen molar-refractivity contribution in [1.82, 2.24) is 15.3 Å². The molecule has 0 aliphatic rings. The number of benzene rings is 1. The van der Waals surface area contributed by atoms with E-state index in [4.69, 9.17) is 0 Å². The molecule has 0 fully saturated rings. The molecule has 2 rings (SSSR count). The number of aryl methyl sites for hydroxylation is 1. The Bertz CT molecular complexity index is 936. The number of halogens is 3. The van der Waals surface area contributed by atoms with Gasteiger partial charge in [-0.25, -0.2) is 18.2 Å². The Morgan fingerprint density at radius 1 is 1.18 bits per heavy atom. The summed E-state index contributed by atoms with van der Waals surface area (Å²) in [6, 6.07) is 2.92. The average molecular weight is 414 g/mol. The molecule has 0 saturated carbocycles. The topological polar surface area (TPSA) is 104 Å². The summed E-state index contributed by atoms with van der Waals surface area (Å²) in [4.78, 5) is 41.8. The largest absolute Gasteiger partial charge is 0.346 e. The molecule has 0 aliphatic carbocycles. The third-order valence-electron chi connectivity index (χ3n) is 3.37. The van der Waals surface area contributed by atoms with E-state index in [9.17, 15) is 27.6 Å². The Labute approximate surface area is 162 Å². The lowest BCUT2D eigenvalue weighted by Gasteiger charge is -2.08. The molecule has 0 bridgehead atoms. The minimum atomic E-state index is -1.70. The Morgan fingerprint density at radius 3 is 2.64 bits per heavy atom. The maximum Gasteiger partial charge on any atom is 0.251 e. The third-order valence-corrected chi connectivity index (χ3v) is 4.25. The smallest absolute Gasteiger partial charge is 0.251 e. The number of carbonyl (C=O) groups is 2. The van der Waals surface area contributed by atoms with Crippen LogP contribution in [0.3, 0.4) is 0 Å². The van der Waals surface area contributed by atoms with Crippen LogP contribution in [0.15, 0.2) is 28.2 Å². The Morgan fingerprint density at radius 2 is 1.93 bits per heavy atom. The van der Waals surface area contributed by atoms with Crippen LogP contribution >= 0.6 is 11.8 Å². The van der Waals surface area contributed by atoms with Gasteiger partial charge in [0.25, 0.3) is 5.56 Å². The van der Waals surface area contributed by atoms with E-state index in [2.05, 4.69) is 15.3 Å². The zero-order valence-electron chi connectivity index (χ0n) is 14.8. The van der Waals surface area contributed by atoms with Gasteiger partial charge in [-0.1, -0.05) is 25.1 Å². The number of anilines is 1. The number of nitrogens with zero attached hydrogens (tertiary/aromatic N) is 1. The van der Waals surface area contributed by atoms with E-state index in [-0.39, 0.29) is 16.5 Å². The van der Waals surface area contributed by atoms with E-state index in [1.165, 1.54) is 6.07 Å². The van der Waals surface area contributed by atoms with Crippen molar-refractivity contribution in [2.45, 2.75) is 24.9 Å². The number of rotatable bonds is 8. The van der Waals surface area contributed by atoms with Crippen LogP contribution in [0.1, 0.15) is 19.0 Å². The van der Waals surface area contributed by atoms with E-state index in [0.717, 1.165) is 24.2 Å². The normalized spacial score (nSPS) is 10.6. The van der Waals surface area contributed by atoms with Crippen LogP contribution in [0.25, 0.3) is 0 Å². The Kier molecular flexibility index (Phi) is 7.61. The van der Waals surface area contributed by atoms with E-state index in [1.54, 1.807) is 0 Å². The summed E-state index contributed by atoms with van der Waals surface area (Å²) in [6.07, 6.45) is 1.44. The van der Waals surface area contributed by atoms with Gasteiger partial charge in [0.15, 0.2) is 22.6 Å². The van der Waals surface area contributed by atoms with Gasteiger partial charge in [-0.15, -0.1) is 0 Å². The SMILES string of the molecule is CCCc1cc(=O)[nH]c(SCC(=O)NCC(=O)Nc2ccc(F)c(F)c2F)n1. The molecule has 0 spiro atoms. The van der Waals surface area contributed by atoms with Crippen LogP contribution in [-0.2, 0) is 16.0 Å². The second-order valence-electron chi connectivity index (χ2n) is 5.63. The Hall–Kier alpha value is -2.82. The molecular weight excluding hydrogens is 397 g/mol. The number of carbonyl (C=O) groups excluding carboxylic acids is 2. The first-order valence-electron chi connectivity index (χ1n) is 8.23. The first-order valence-corrected chi connectivity index (χ1v) is 9.21. The van der Waals surface area contributed by atoms with Crippen LogP contribution in [0.4, 0.5) is 18.9 Å². The summed E-state index contributed by atoms with van der Waals surface area (Å²) in [5, 5.41) is 4.60. The summed E-state index contributed by atoms with van der Waals surface area (Å²) in [6.45, 7) is 1.44. The van der Waals surface area contributed by atoms with Crippen molar-refractivity contribution in [3.63, 3.8) is 0 Å². The van der Waals surface area contributed by atoms with Crippen LogP contribution in [0, 0.1) is 17.5 Å². The second kappa shape index (κ2) is 9.93. The molecule has 11 heteroatoms. The van der Waals surface area contributed by atoms with Crippen molar-refractivity contribution in [2.24, 2.45) is 0 Å². The maximum absolute atomic E-state index is 13.5. The van der Waals surface area contributed by atoms with Gasteiger partial charge in [0.05, 0.1) is 18.0 Å². The molecule has 1 aromatic heterocycles. The number of hydrogen-bond acceptors (Lipinski definition) is 5. The van der Waals surface area contributed by atoms with E-state index >= 15 is 0 Å². The summed E-state index contributed by atoms with van der Waals surface area (Å²) in [5.74, 6) is -6.09. The fourth-order valence-corrected chi connectivity index (χ4v) is 2.84. The van der Waals surface area contributed by atoms with Gasteiger partial charge in [-0.3, -0.25) is 14.4 Å². The molecule has 0 saturated heterocycles. The third kappa shape index (κ3) is 6.12. The van der Waals surface area contributed by atoms with E-state index in [1.807, 2.05) is 12.2 Å². The number of H-pyrrole nitrogens is 1. The number of amides is 2. The highest BCUT2D eigenvalue weighted by Gasteiger charge is 2.15. The number of aromatic nitrogens is 2. The lowest BCUT2D eigenvalue weighted by Crippen LogP contribution is -2.34. The highest BCUT2D eigenvalue weighted by atomic mass is 32.2. The Balaban J connectivity index is 1.83. The molecule has 0 unspecified atom stereocenters. The van der Waals surface area contributed by atoms with Crippen molar-refractivity contribution in [1.29, 1.82) is 0 Å². The lowest BCUT2D eigenvalue weighted by molar-refractivity contribution is -0.122. The number of nitrogens with one attached hydrogen (secondary N) is 3. The van der Waals surface area contributed by atoms with Crippen LogP contribution < -0.4 is 16.2 Å². The number of aromatic amines is 1. The molecule has 0 aliphatic heterocycles. The molecule has 1 aromatic carbocycles. The zero-order valence-corrected chi connectivity index (χ0v) is 15.6. The highest BCUT2D eigenvalue weighted by Crippen LogP contribution is 2.19. The van der Waals surface area contributed by atoms with Gasteiger partial charge in [-0.05, 0) is 18.6 Å². The number of thioether (sulfide) groups is 1. The van der Waals surface area contributed by atoms with E-state index < -0.39 is 41.5 Å². The van der Waals surface area contributed by atoms with Crippen LogP contribution in [0.5, 0.6) is 0 Å². The molecule has 28 heavy (non-hydrogen) atoms. The highest BCUT2D eigenvalue weighted by molar-refractivity contribution is 7.99. The molecule has 2 aromatic rings. The van der Waals surface area contributed by atoms with Gasteiger partial charge < -0.3 is 15.6 Å². The van der Waals surface area contributed by atoms with Crippen molar-refractivity contribution >= 4 is 29.3 Å². The van der Waals surface area contributed by atoms with E-state index in [0.29, 0.717) is 18.2 Å². The molecule has 0 atom stereocenters. The standard InChI is InChI=1S/C17H17F3N4O3S/c1-2-3-9-6-12(25)24-17(22-9)28-8-14(27)21-7-13(26)23-11-5-4-10(18)15(19)16(11)20/h4-6H,2-3,7-8H2,1H3,(H,21,27)(H,23,26)(H,22,24,25). The van der Waals surface area contributed by atoms with Gasteiger partial charge in [0, 0.05) is 11.8 Å². The number of hydrogen-bond donors (Lipinski definition) is 3. The summed E-state index contributed by atoms with van der Waals surface area (Å²) in [5.41, 5.74) is -0.251. The predicted molar refractivity (Wildman–Crippen MR) is 97.5 cm³/mol. The molecule has 3 N–H and O–H groups in total. The fraction of sp³-hybridized carbons (Fsp3) is 0.294. The maximum atomic E-state index is 13.5. The van der Waals surface area contributed by atoms with Gasteiger partial charge in [-0.2, -0.15) is 0 Å². The summed E-state index contributed by atoms with van der Waals surface area (Å²) < 4.78 is 39.5. The van der Waals surface area contributed by atoms with Crippen LogP contribution in [0.2, 0.25) is 0 Å². The van der Waals surface area contributed by atoms with Crippen LogP contribution in [-0.4, -0.2) is 34.1 Å². The summed E-state index contributed by atoms with van der Waals surface area (Å²) >= 11 is 0.983. The molecule has 2 amide bonds. The molecule has 150 valence electrons.